The fraction of sp³-hybridized carbons (Fsp3) is 0.0769. The van der Waals surface area contributed by atoms with Gasteiger partial charge in [0.25, 0.3) is 5.76 Å². The predicted molar refractivity (Wildman–Crippen MR) is 89.6 cm³/mol. The maximum Gasteiger partial charge on any atom is 0.288 e. The van der Waals surface area contributed by atoms with Gasteiger partial charge in [0, 0.05) is 16.1 Å². The number of hydrazone groups is 1. The fourth-order valence-electron chi connectivity index (χ4n) is 1.39. The van der Waals surface area contributed by atoms with Gasteiger partial charge in [-0.05, 0) is 53.3 Å². The summed E-state index contributed by atoms with van der Waals surface area (Å²) in [6.45, 7) is 0. The first-order chi connectivity index (χ1) is 10.1. The van der Waals surface area contributed by atoms with Crippen molar-refractivity contribution < 1.29 is 8.78 Å². The van der Waals surface area contributed by atoms with Crippen molar-refractivity contribution in [3.8, 4) is 0 Å². The molecular formula is C13H11F2N3S3. The topological polar surface area (TPSA) is 36.4 Å². The Hall–Kier alpha value is -1.51. The third kappa shape index (κ3) is 5.78. The largest absolute Gasteiger partial charge is 0.331 e. The lowest BCUT2D eigenvalue weighted by atomic mass is 10.3. The van der Waals surface area contributed by atoms with Gasteiger partial charge in [-0.3, -0.25) is 5.43 Å². The number of nitrogens with one attached hydrogen (secondary N) is 2. The van der Waals surface area contributed by atoms with Gasteiger partial charge in [-0.1, -0.05) is 11.8 Å². The van der Waals surface area contributed by atoms with E-state index in [-0.39, 0.29) is 0 Å². The highest BCUT2D eigenvalue weighted by molar-refractivity contribution is 7.99. The van der Waals surface area contributed by atoms with E-state index in [4.69, 9.17) is 12.2 Å². The molecule has 110 valence electrons. The molecule has 0 aliphatic carbocycles. The molecule has 3 nitrogen and oxygen atoms in total. The first kappa shape index (κ1) is 15.9. The zero-order valence-corrected chi connectivity index (χ0v) is 13.1. The summed E-state index contributed by atoms with van der Waals surface area (Å²) in [5.74, 6) is -2.42. The highest BCUT2D eigenvalue weighted by atomic mass is 32.2. The molecule has 0 amide bonds. The van der Waals surface area contributed by atoms with Crippen LogP contribution in [0.2, 0.25) is 0 Å². The molecular weight excluding hydrogens is 332 g/mol. The maximum atomic E-state index is 12.2. The van der Waals surface area contributed by atoms with Gasteiger partial charge >= 0.3 is 0 Å². The number of anilines is 1. The summed E-state index contributed by atoms with van der Waals surface area (Å²) in [6.07, 6.45) is 1.66. The Kier molecular flexibility index (Phi) is 6.09. The highest BCUT2D eigenvalue weighted by Gasteiger charge is 2.04. The van der Waals surface area contributed by atoms with E-state index in [2.05, 4.69) is 15.8 Å². The number of rotatable bonds is 5. The van der Waals surface area contributed by atoms with E-state index in [0.717, 1.165) is 5.56 Å². The number of hydrogen-bond acceptors (Lipinski definition) is 4. The van der Waals surface area contributed by atoms with E-state index >= 15 is 0 Å². The van der Waals surface area contributed by atoms with Gasteiger partial charge in [-0.25, -0.2) is 0 Å². The van der Waals surface area contributed by atoms with Crippen molar-refractivity contribution in [3.63, 3.8) is 0 Å². The molecule has 1 aromatic heterocycles. The summed E-state index contributed by atoms with van der Waals surface area (Å²) < 4.78 is 24.4. The molecule has 0 aliphatic heterocycles. The monoisotopic (exact) mass is 343 g/mol. The molecule has 1 heterocycles. The molecule has 0 saturated heterocycles. The van der Waals surface area contributed by atoms with E-state index in [1.807, 2.05) is 16.8 Å². The molecule has 0 radical (unpaired) electrons. The minimum absolute atomic E-state index is 0.329. The van der Waals surface area contributed by atoms with Crippen LogP contribution in [0.15, 0.2) is 51.1 Å². The van der Waals surface area contributed by atoms with Crippen LogP contribution in [0.4, 0.5) is 14.5 Å². The predicted octanol–water partition coefficient (Wildman–Crippen LogP) is 4.38. The second kappa shape index (κ2) is 8.06. The molecule has 0 aliphatic rings. The van der Waals surface area contributed by atoms with Crippen molar-refractivity contribution in [2.45, 2.75) is 10.7 Å². The number of thiocarbonyl (C=S) groups is 1. The standard InChI is InChI=1S/C13H11F2N3S3/c14-12(15)21-11-3-1-10(2-4-11)17-13(19)18-16-7-9-5-6-20-8-9/h1-8,12H,(H2,17,18,19)/b16-7-. The van der Waals surface area contributed by atoms with Crippen molar-refractivity contribution in [3.05, 3.63) is 46.7 Å². The number of benzene rings is 1. The van der Waals surface area contributed by atoms with Gasteiger partial charge in [0.05, 0.1) is 6.21 Å². The number of halogens is 2. The van der Waals surface area contributed by atoms with Crippen molar-refractivity contribution in [2.75, 3.05) is 5.32 Å². The Morgan fingerprint density at radius 2 is 2.05 bits per heavy atom. The van der Waals surface area contributed by atoms with E-state index in [1.54, 1.807) is 41.8 Å². The van der Waals surface area contributed by atoms with Gasteiger partial charge in [0.1, 0.15) is 0 Å². The Labute approximate surface area is 134 Å². The van der Waals surface area contributed by atoms with Crippen LogP contribution >= 0.6 is 35.3 Å². The lowest BCUT2D eigenvalue weighted by Crippen LogP contribution is -2.23. The molecule has 2 aromatic rings. The van der Waals surface area contributed by atoms with Crippen LogP contribution in [-0.4, -0.2) is 17.1 Å². The molecule has 2 N–H and O–H groups in total. The smallest absolute Gasteiger partial charge is 0.288 e. The average Bonchev–Trinajstić information content (AvgIpc) is 2.93. The average molecular weight is 343 g/mol. The van der Waals surface area contributed by atoms with Crippen molar-refractivity contribution in [1.29, 1.82) is 0 Å². The summed E-state index contributed by atoms with van der Waals surface area (Å²) in [4.78, 5) is 0.505. The minimum Gasteiger partial charge on any atom is -0.331 e. The third-order valence-electron chi connectivity index (χ3n) is 2.26. The van der Waals surface area contributed by atoms with Crippen molar-refractivity contribution >= 4 is 52.3 Å². The Bertz CT molecular complexity index is 598. The number of nitrogens with zero attached hydrogens (tertiary/aromatic N) is 1. The molecule has 21 heavy (non-hydrogen) atoms. The number of hydrogen-bond donors (Lipinski definition) is 2. The van der Waals surface area contributed by atoms with Crippen LogP contribution in [0.1, 0.15) is 5.56 Å². The summed E-state index contributed by atoms with van der Waals surface area (Å²) in [7, 11) is 0. The van der Waals surface area contributed by atoms with Crippen LogP contribution in [0, 0.1) is 0 Å². The molecule has 0 bridgehead atoms. The second-order valence-electron chi connectivity index (χ2n) is 3.78. The Balaban J connectivity index is 1.82. The third-order valence-corrected chi connectivity index (χ3v) is 3.88. The summed E-state index contributed by atoms with van der Waals surface area (Å²) in [5, 5.41) is 11.2. The number of thiophene rings is 1. The Morgan fingerprint density at radius 1 is 1.29 bits per heavy atom. The van der Waals surface area contributed by atoms with Gasteiger partial charge in [-0.2, -0.15) is 25.2 Å². The van der Waals surface area contributed by atoms with Gasteiger partial charge < -0.3 is 5.32 Å². The number of thioether (sulfide) groups is 1. The first-order valence-corrected chi connectivity index (χ1v) is 8.04. The van der Waals surface area contributed by atoms with Crippen LogP contribution in [-0.2, 0) is 0 Å². The lowest BCUT2D eigenvalue weighted by molar-refractivity contribution is 0.252. The van der Waals surface area contributed by atoms with Crippen LogP contribution in [0.3, 0.4) is 0 Å². The molecule has 0 spiro atoms. The molecule has 2 rings (SSSR count). The lowest BCUT2D eigenvalue weighted by Gasteiger charge is -2.07. The van der Waals surface area contributed by atoms with E-state index in [9.17, 15) is 8.78 Å². The zero-order chi connectivity index (χ0) is 15.1. The SMILES string of the molecule is FC(F)Sc1ccc(NC(=S)N/N=C\c2ccsc2)cc1. The first-order valence-electron chi connectivity index (χ1n) is 5.80. The fourth-order valence-corrected chi connectivity index (χ4v) is 2.67. The summed E-state index contributed by atoms with van der Waals surface area (Å²) >= 11 is 7.16. The van der Waals surface area contributed by atoms with Crippen LogP contribution in [0.5, 0.6) is 0 Å². The van der Waals surface area contributed by atoms with E-state index < -0.39 is 5.76 Å². The maximum absolute atomic E-state index is 12.2. The van der Waals surface area contributed by atoms with Gasteiger partial charge in [-0.15, -0.1) is 0 Å². The summed E-state index contributed by atoms with van der Waals surface area (Å²) in [5.41, 5.74) is 4.38. The summed E-state index contributed by atoms with van der Waals surface area (Å²) in [6, 6.07) is 8.51. The molecule has 0 saturated carbocycles. The molecule has 0 atom stereocenters. The van der Waals surface area contributed by atoms with Gasteiger partial charge in [0.2, 0.25) is 0 Å². The minimum atomic E-state index is -2.42. The van der Waals surface area contributed by atoms with Gasteiger partial charge in [0.15, 0.2) is 5.11 Å². The van der Waals surface area contributed by atoms with Crippen LogP contribution < -0.4 is 10.7 Å². The quantitative estimate of drug-likeness (QED) is 0.365. The van der Waals surface area contributed by atoms with Crippen molar-refractivity contribution in [2.24, 2.45) is 5.10 Å². The highest BCUT2D eigenvalue weighted by Crippen LogP contribution is 2.26. The van der Waals surface area contributed by atoms with Crippen molar-refractivity contribution in [1.82, 2.24) is 5.43 Å². The Morgan fingerprint density at radius 3 is 2.67 bits per heavy atom. The van der Waals surface area contributed by atoms with E-state index in [0.29, 0.717) is 27.5 Å². The normalized spacial score (nSPS) is 11.0. The second-order valence-corrected chi connectivity index (χ2v) is 6.04. The number of alkyl halides is 2. The van der Waals surface area contributed by atoms with E-state index in [1.165, 1.54) is 0 Å². The molecule has 8 heteroatoms. The molecule has 0 unspecified atom stereocenters. The van der Waals surface area contributed by atoms with Crippen LogP contribution in [0.25, 0.3) is 0 Å². The zero-order valence-electron chi connectivity index (χ0n) is 10.6. The molecule has 1 aromatic carbocycles. The molecule has 0 fully saturated rings.